The molecule has 1 aliphatic heterocycles. The molecule has 0 spiro atoms. The smallest absolute Gasteiger partial charge is 0.243 e. The molecule has 2 aromatic rings. The Kier molecular flexibility index (Phi) is 5.67. The van der Waals surface area contributed by atoms with Gasteiger partial charge in [0.05, 0.1) is 22.1 Å². The summed E-state index contributed by atoms with van der Waals surface area (Å²) in [7, 11) is -3.91. The van der Waals surface area contributed by atoms with Gasteiger partial charge in [-0.2, -0.15) is 4.31 Å². The predicted molar refractivity (Wildman–Crippen MR) is 104 cm³/mol. The van der Waals surface area contributed by atoms with Crippen LogP contribution in [0.5, 0.6) is 0 Å². The molecule has 1 saturated carbocycles. The van der Waals surface area contributed by atoms with Gasteiger partial charge >= 0.3 is 0 Å². The molecule has 1 aromatic heterocycles. The zero-order valence-electron chi connectivity index (χ0n) is 15.6. The standard InChI is InChI=1S/C19H21F2N3O3S2/c20-16-6-5-15(8-17(16)21)29(26,27)24-7-1-2-13(10-24)19-23-14(11-28-19)9-22-18(25)12-3-4-12/h5-6,8,11-13H,1-4,7,9-10H2,(H,22,25)/t13-/m1/s1. The molecule has 1 N–H and O–H groups in total. The van der Waals surface area contributed by atoms with E-state index in [1.165, 1.54) is 15.6 Å². The lowest BCUT2D eigenvalue weighted by Gasteiger charge is -2.31. The number of nitrogens with one attached hydrogen (secondary N) is 1. The molecule has 10 heteroatoms. The second-order valence-electron chi connectivity index (χ2n) is 7.45. The van der Waals surface area contributed by atoms with E-state index in [-0.39, 0.29) is 29.2 Å². The van der Waals surface area contributed by atoms with E-state index < -0.39 is 21.7 Å². The lowest BCUT2D eigenvalue weighted by molar-refractivity contribution is -0.122. The van der Waals surface area contributed by atoms with E-state index in [0.717, 1.165) is 48.2 Å². The summed E-state index contributed by atoms with van der Waals surface area (Å²) in [5.41, 5.74) is 0.764. The van der Waals surface area contributed by atoms with Gasteiger partial charge in [0.15, 0.2) is 11.6 Å². The van der Waals surface area contributed by atoms with Gasteiger partial charge in [-0.1, -0.05) is 0 Å². The van der Waals surface area contributed by atoms with Gasteiger partial charge in [0.25, 0.3) is 0 Å². The molecular weight excluding hydrogens is 420 g/mol. The molecule has 1 saturated heterocycles. The van der Waals surface area contributed by atoms with Crippen LogP contribution in [-0.2, 0) is 21.4 Å². The van der Waals surface area contributed by atoms with Crippen molar-refractivity contribution in [3.63, 3.8) is 0 Å². The van der Waals surface area contributed by atoms with Crippen LogP contribution in [0.4, 0.5) is 8.78 Å². The highest BCUT2D eigenvalue weighted by Gasteiger charge is 2.33. The lowest BCUT2D eigenvalue weighted by Crippen LogP contribution is -2.39. The first-order valence-corrected chi connectivity index (χ1v) is 11.8. The average molecular weight is 442 g/mol. The van der Waals surface area contributed by atoms with Gasteiger partial charge in [0.2, 0.25) is 15.9 Å². The number of halogens is 2. The highest BCUT2D eigenvalue weighted by atomic mass is 32.2. The van der Waals surface area contributed by atoms with Crippen molar-refractivity contribution < 1.29 is 22.0 Å². The molecule has 1 aliphatic carbocycles. The molecule has 29 heavy (non-hydrogen) atoms. The van der Waals surface area contributed by atoms with Crippen LogP contribution >= 0.6 is 11.3 Å². The van der Waals surface area contributed by atoms with E-state index >= 15 is 0 Å². The van der Waals surface area contributed by atoms with E-state index in [1.54, 1.807) is 0 Å². The van der Waals surface area contributed by atoms with E-state index in [0.29, 0.717) is 19.5 Å². The Balaban J connectivity index is 1.44. The van der Waals surface area contributed by atoms with Gasteiger partial charge in [-0.05, 0) is 43.9 Å². The molecule has 2 aliphatic rings. The summed E-state index contributed by atoms with van der Waals surface area (Å²) >= 11 is 1.45. The lowest BCUT2D eigenvalue weighted by atomic mass is 10.0. The second kappa shape index (κ2) is 8.08. The maximum Gasteiger partial charge on any atom is 0.243 e. The number of carbonyl (C=O) groups excluding carboxylic acids is 1. The number of benzene rings is 1. The molecule has 2 fully saturated rings. The van der Waals surface area contributed by atoms with Crippen molar-refractivity contribution in [2.45, 2.75) is 43.0 Å². The Hall–Kier alpha value is -1.91. The number of piperidine rings is 1. The molecule has 0 bridgehead atoms. The fourth-order valence-electron chi connectivity index (χ4n) is 3.41. The van der Waals surface area contributed by atoms with Crippen LogP contribution in [0.1, 0.15) is 42.3 Å². The average Bonchev–Trinajstić information content (AvgIpc) is 3.46. The fourth-order valence-corrected chi connectivity index (χ4v) is 5.89. The molecule has 4 rings (SSSR count). The number of rotatable bonds is 6. The third-order valence-corrected chi connectivity index (χ3v) is 8.14. The summed E-state index contributed by atoms with van der Waals surface area (Å²) in [4.78, 5) is 16.1. The zero-order chi connectivity index (χ0) is 20.6. The minimum absolute atomic E-state index is 0.0565. The Morgan fingerprint density at radius 2 is 2.03 bits per heavy atom. The Labute approximate surface area is 172 Å². The number of hydrogen-bond acceptors (Lipinski definition) is 5. The third kappa shape index (κ3) is 4.49. The summed E-state index contributed by atoms with van der Waals surface area (Å²) in [5.74, 6) is -2.13. The van der Waals surface area contributed by atoms with Crippen molar-refractivity contribution >= 4 is 27.3 Å². The maximum absolute atomic E-state index is 13.5. The van der Waals surface area contributed by atoms with Gasteiger partial charge in [-0.25, -0.2) is 22.2 Å². The number of hydrogen-bond donors (Lipinski definition) is 1. The first-order valence-electron chi connectivity index (χ1n) is 9.52. The van der Waals surface area contributed by atoms with Crippen LogP contribution in [0.3, 0.4) is 0 Å². The van der Waals surface area contributed by atoms with Crippen LogP contribution in [0.25, 0.3) is 0 Å². The van der Waals surface area contributed by atoms with Crippen LogP contribution in [-0.4, -0.2) is 36.7 Å². The molecule has 1 atom stereocenters. The van der Waals surface area contributed by atoms with E-state index in [1.807, 2.05) is 5.38 Å². The Morgan fingerprint density at radius 1 is 1.24 bits per heavy atom. The van der Waals surface area contributed by atoms with Crippen molar-refractivity contribution in [2.75, 3.05) is 13.1 Å². The quantitative estimate of drug-likeness (QED) is 0.747. The van der Waals surface area contributed by atoms with Crippen LogP contribution < -0.4 is 5.32 Å². The molecular formula is C19H21F2N3O3S2. The summed E-state index contributed by atoms with van der Waals surface area (Å²) in [6.45, 7) is 0.936. The molecule has 1 aromatic carbocycles. The minimum Gasteiger partial charge on any atom is -0.350 e. The number of amides is 1. The van der Waals surface area contributed by atoms with Gasteiger partial charge < -0.3 is 5.32 Å². The number of thiazole rings is 1. The zero-order valence-corrected chi connectivity index (χ0v) is 17.2. The first kappa shape index (κ1) is 20.4. The number of aromatic nitrogens is 1. The van der Waals surface area contributed by atoms with E-state index in [9.17, 15) is 22.0 Å². The van der Waals surface area contributed by atoms with E-state index in [4.69, 9.17) is 0 Å². The Bertz CT molecular complexity index is 1020. The summed E-state index contributed by atoms with van der Waals surface area (Å²) in [6.07, 6.45) is 3.34. The van der Waals surface area contributed by atoms with E-state index in [2.05, 4.69) is 10.3 Å². The van der Waals surface area contributed by atoms with Gasteiger partial charge in [-0.15, -0.1) is 11.3 Å². The van der Waals surface area contributed by atoms with Gasteiger partial charge in [0, 0.05) is 30.3 Å². The number of nitrogens with zero attached hydrogens (tertiary/aromatic N) is 2. The monoisotopic (exact) mass is 441 g/mol. The second-order valence-corrected chi connectivity index (χ2v) is 10.3. The summed E-state index contributed by atoms with van der Waals surface area (Å²) < 4.78 is 53.7. The van der Waals surface area contributed by atoms with Crippen molar-refractivity contribution in [1.82, 2.24) is 14.6 Å². The molecule has 2 heterocycles. The van der Waals surface area contributed by atoms with Gasteiger partial charge in [-0.3, -0.25) is 4.79 Å². The molecule has 1 amide bonds. The molecule has 6 nitrogen and oxygen atoms in total. The summed E-state index contributed by atoms with van der Waals surface area (Å²) in [6, 6.07) is 2.63. The molecule has 156 valence electrons. The normalized spacial score (nSPS) is 20.6. The predicted octanol–water partition coefficient (Wildman–Crippen LogP) is 3.02. The number of carbonyl (C=O) groups is 1. The largest absolute Gasteiger partial charge is 0.350 e. The Morgan fingerprint density at radius 3 is 2.76 bits per heavy atom. The van der Waals surface area contributed by atoms with Crippen molar-refractivity contribution in [1.29, 1.82) is 0 Å². The van der Waals surface area contributed by atoms with Crippen LogP contribution in [0, 0.1) is 17.6 Å². The minimum atomic E-state index is -3.91. The SMILES string of the molecule is O=C(NCc1csc([C@@H]2CCCN(S(=O)(=O)c3ccc(F)c(F)c3)C2)n1)C1CC1. The van der Waals surface area contributed by atoms with Crippen molar-refractivity contribution in [3.8, 4) is 0 Å². The highest BCUT2D eigenvalue weighted by Crippen LogP contribution is 2.32. The van der Waals surface area contributed by atoms with Crippen molar-refractivity contribution in [2.24, 2.45) is 5.92 Å². The van der Waals surface area contributed by atoms with Gasteiger partial charge in [0.1, 0.15) is 0 Å². The molecule has 0 unspecified atom stereocenters. The highest BCUT2D eigenvalue weighted by molar-refractivity contribution is 7.89. The third-order valence-electron chi connectivity index (χ3n) is 5.22. The molecule has 0 radical (unpaired) electrons. The topological polar surface area (TPSA) is 79.4 Å². The first-order chi connectivity index (χ1) is 13.8. The van der Waals surface area contributed by atoms with Crippen molar-refractivity contribution in [3.05, 3.63) is 45.9 Å². The summed E-state index contributed by atoms with van der Waals surface area (Å²) in [5, 5.41) is 5.58. The van der Waals surface area contributed by atoms with Crippen LogP contribution in [0.2, 0.25) is 0 Å². The maximum atomic E-state index is 13.5. The number of sulfonamides is 1. The fraction of sp³-hybridized carbons (Fsp3) is 0.474. The van der Waals surface area contributed by atoms with Crippen LogP contribution in [0.15, 0.2) is 28.5 Å².